The summed E-state index contributed by atoms with van der Waals surface area (Å²) in [5.74, 6) is -0.729. The zero-order chi connectivity index (χ0) is 19.8. The monoisotopic (exact) mass is 409 g/mol. The lowest BCUT2D eigenvalue weighted by Crippen LogP contribution is -2.33. The summed E-state index contributed by atoms with van der Waals surface area (Å²) < 4.78 is 10.2. The first-order valence-corrected chi connectivity index (χ1v) is 9.24. The predicted octanol–water partition coefficient (Wildman–Crippen LogP) is 4.49. The summed E-state index contributed by atoms with van der Waals surface area (Å²) in [4.78, 5) is 23.8. The van der Waals surface area contributed by atoms with Crippen LogP contribution in [-0.2, 0) is 14.3 Å². The van der Waals surface area contributed by atoms with Crippen molar-refractivity contribution in [1.29, 1.82) is 0 Å². The fraction of sp³-hybridized carbons (Fsp3) is 0.300. The summed E-state index contributed by atoms with van der Waals surface area (Å²) in [5.41, 5.74) is 2.15. The molecule has 5 nitrogen and oxygen atoms in total. The van der Waals surface area contributed by atoms with Crippen LogP contribution in [0.3, 0.4) is 0 Å². The maximum atomic E-state index is 12.1. The SMILES string of the molecule is CC[C@H](NC(=O)COC(=O)COc1ccc(Cl)cc1Cl)c1ccc(C)cc1. The van der Waals surface area contributed by atoms with Gasteiger partial charge in [0.15, 0.2) is 13.2 Å². The van der Waals surface area contributed by atoms with E-state index in [9.17, 15) is 9.59 Å². The number of nitrogens with one attached hydrogen (secondary N) is 1. The lowest BCUT2D eigenvalue weighted by atomic mass is 10.0. The van der Waals surface area contributed by atoms with Crippen molar-refractivity contribution in [3.05, 3.63) is 63.6 Å². The molecule has 0 aliphatic heterocycles. The van der Waals surface area contributed by atoms with Gasteiger partial charge in [-0.05, 0) is 37.1 Å². The quantitative estimate of drug-likeness (QED) is 0.652. The van der Waals surface area contributed by atoms with Crippen molar-refractivity contribution in [3.63, 3.8) is 0 Å². The zero-order valence-electron chi connectivity index (χ0n) is 15.1. The summed E-state index contributed by atoms with van der Waals surface area (Å²) in [6.45, 7) is 3.24. The van der Waals surface area contributed by atoms with E-state index in [-0.39, 0.29) is 30.2 Å². The van der Waals surface area contributed by atoms with Crippen molar-refractivity contribution < 1.29 is 19.1 Å². The van der Waals surface area contributed by atoms with Gasteiger partial charge in [-0.1, -0.05) is 60.0 Å². The van der Waals surface area contributed by atoms with Gasteiger partial charge in [-0.2, -0.15) is 0 Å². The number of carbonyl (C=O) groups is 2. The van der Waals surface area contributed by atoms with Gasteiger partial charge < -0.3 is 14.8 Å². The van der Waals surface area contributed by atoms with Crippen molar-refractivity contribution in [1.82, 2.24) is 5.32 Å². The van der Waals surface area contributed by atoms with Crippen LogP contribution in [0.2, 0.25) is 10.0 Å². The van der Waals surface area contributed by atoms with E-state index in [4.69, 9.17) is 32.7 Å². The molecule has 1 atom stereocenters. The second kappa shape index (κ2) is 10.2. The third-order valence-corrected chi connectivity index (χ3v) is 4.36. The zero-order valence-corrected chi connectivity index (χ0v) is 16.6. The van der Waals surface area contributed by atoms with Crippen LogP contribution < -0.4 is 10.1 Å². The molecule has 27 heavy (non-hydrogen) atoms. The van der Waals surface area contributed by atoms with E-state index in [1.807, 2.05) is 38.1 Å². The Bertz CT molecular complexity index is 793. The summed E-state index contributed by atoms with van der Waals surface area (Å²) >= 11 is 11.7. The number of ether oxygens (including phenoxy) is 2. The Morgan fingerprint density at radius 2 is 1.78 bits per heavy atom. The number of rotatable bonds is 8. The van der Waals surface area contributed by atoms with Gasteiger partial charge in [0.25, 0.3) is 5.91 Å². The number of esters is 1. The molecule has 0 fully saturated rings. The van der Waals surface area contributed by atoms with Crippen LogP contribution >= 0.6 is 23.2 Å². The number of amides is 1. The van der Waals surface area contributed by atoms with E-state index in [2.05, 4.69) is 5.32 Å². The van der Waals surface area contributed by atoms with Crippen LogP contribution in [0.5, 0.6) is 5.75 Å². The van der Waals surface area contributed by atoms with E-state index in [0.29, 0.717) is 10.8 Å². The lowest BCUT2D eigenvalue weighted by Gasteiger charge is -2.17. The molecule has 0 saturated heterocycles. The largest absolute Gasteiger partial charge is 0.480 e. The van der Waals surface area contributed by atoms with Crippen molar-refractivity contribution in [3.8, 4) is 5.75 Å². The summed E-state index contributed by atoms with van der Waals surface area (Å²) in [6.07, 6.45) is 0.723. The second-order valence-corrected chi connectivity index (χ2v) is 6.81. The van der Waals surface area contributed by atoms with Crippen molar-refractivity contribution in [2.24, 2.45) is 0 Å². The molecule has 0 saturated carbocycles. The summed E-state index contributed by atoms with van der Waals surface area (Å²) in [7, 11) is 0. The highest BCUT2D eigenvalue weighted by atomic mass is 35.5. The molecule has 144 valence electrons. The van der Waals surface area contributed by atoms with Crippen molar-refractivity contribution in [2.45, 2.75) is 26.3 Å². The fourth-order valence-electron chi connectivity index (χ4n) is 2.37. The van der Waals surface area contributed by atoms with Crippen LogP contribution in [0.15, 0.2) is 42.5 Å². The fourth-order valence-corrected chi connectivity index (χ4v) is 2.84. The smallest absolute Gasteiger partial charge is 0.344 e. The van der Waals surface area contributed by atoms with Crippen LogP contribution in [-0.4, -0.2) is 25.1 Å². The number of aryl methyl sites for hydroxylation is 1. The first-order valence-electron chi connectivity index (χ1n) is 8.48. The maximum absolute atomic E-state index is 12.1. The van der Waals surface area contributed by atoms with E-state index >= 15 is 0 Å². The Morgan fingerprint density at radius 1 is 1.07 bits per heavy atom. The number of hydrogen-bond donors (Lipinski definition) is 1. The highest BCUT2D eigenvalue weighted by Crippen LogP contribution is 2.27. The van der Waals surface area contributed by atoms with Gasteiger partial charge >= 0.3 is 5.97 Å². The lowest BCUT2D eigenvalue weighted by molar-refractivity contribution is -0.150. The highest BCUT2D eigenvalue weighted by molar-refractivity contribution is 6.35. The third-order valence-electron chi connectivity index (χ3n) is 3.83. The van der Waals surface area contributed by atoms with Gasteiger partial charge in [0.2, 0.25) is 0 Å². The van der Waals surface area contributed by atoms with Gasteiger partial charge in [0, 0.05) is 5.02 Å². The van der Waals surface area contributed by atoms with E-state index in [0.717, 1.165) is 17.5 Å². The Balaban J connectivity index is 1.78. The first kappa shape index (κ1) is 21.1. The molecule has 0 aromatic heterocycles. The molecule has 0 heterocycles. The molecule has 1 N–H and O–H groups in total. The molecule has 0 spiro atoms. The van der Waals surface area contributed by atoms with Crippen molar-refractivity contribution in [2.75, 3.05) is 13.2 Å². The van der Waals surface area contributed by atoms with Gasteiger partial charge in [0.05, 0.1) is 11.1 Å². The molecule has 1 amide bonds. The Kier molecular flexibility index (Phi) is 7.95. The van der Waals surface area contributed by atoms with Crippen LogP contribution in [0.25, 0.3) is 0 Å². The molecule has 0 aliphatic rings. The minimum atomic E-state index is -0.667. The molecule has 2 aromatic carbocycles. The second-order valence-electron chi connectivity index (χ2n) is 5.96. The predicted molar refractivity (Wildman–Crippen MR) is 105 cm³/mol. The number of carbonyl (C=O) groups excluding carboxylic acids is 2. The van der Waals surface area contributed by atoms with E-state index in [1.54, 1.807) is 12.1 Å². The average Bonchev–Trinajstić information content (AvgIpc) is 2.64. The molecule has 0 unspecified atom stereocenters. The van der Waals surface area contributed by atoms with Crippen LogP contribution in [0.4, 0.5) is 0 Å². The first-order chi connectivity index (χ1) is 12.9. The minimum absolute atomic E-state index is 0.138. The third kappa shape index (κ3) is 6.77. The van der Waals surface area contributed by atoms with Gasteiger partial charge in [0.1, 0.15) is 5.75 Å². The molecule has 0 radical (unpaired) electrons. The van der Waals surface area contributed by atoms with Gasteiger partial charge in [-0.3, -0.25) is 4.79 Å². The van der Waals surface area contributed by atoms with Crippen LogP contribution in [0.1, 0.15) is 30.5 Å². The van der Waals surface area contributed by atoms with Gasteiger partial charge in [-0.25, -0.2) is 4.79 Å². The standard InChI is InChI=1S/C20H21Cl2NO4/c1-3-17(14-6-4-13(2)5-7-14)23-19(24)11-27-20(25)12-26-18-9-8-15(21)10-16(18)22/h4-10,17H,3,11-12H2,1-2H3,(H,23,24)/t17-/m0/s1. The molecule has 2 aromatic rings. The Labute approximate surface area is 168 Å². The molecule has 2 rings (SSSR count). The number of halogens is 2. The molecular weight excluding hydrogens is 389 g/mol. The van der Waals surface area contributed by atoms with Crippen LogP contribution in [0, 0.1) is 6.92 Å². The Hall–Kier alpha value is -2.24. The van der Waals surface area contributed by atoms with E-state index in [1.165, 1.54) is 6.07 Å². The average molecular weight is 410 g/mol. The highest BCUT2D eigenvalue weighted by Gasteiger charge is 2.15. The Morgan fingerprint density at radius 3 is 2.41 bits per heavy atom. The molecule has 0 bridgehead atoms. The summed E-state index contributed by atoms with van der Waals surface area (Å²) in [5, 5.41) is 3.61. The normalized spacial score (nSPS) is 11.6. The number of benzene rings is 2. The molecule has 0 aliphatic carbocycles. The van der Waals surface area contributed by atoms with Crippen molar-refractivity contribution >= 4 is 35.1 Å². The van der Waals surface area contributed by atoms with E-state index < -0.39 is 5.97 Å². The molecular formula is C20H21Cl2NO4. The molecule has 7 heteroatoms. The summed E-state index contributed by atoms with van der Waals surface area (Å²) in [6, 6.07) is 12.4. The topological polar surface area (TPSA) is 64.6 Å². The maximum Gasteiger partial charge on any atom is 0.344 e. The van der Waals surface area contributed by atoms with Gasteiger partial charge in [-0.15, -0.1) is 0 Å². The minimum Gasteiger partial charge on any atom is -0.480 e. The number of hydrogen-bond acceptors (Lipinski definition) is 4.